The largest absolute Gasteiger partial charge is 0.455 e. The predicted octanol–water partition coefficient (Wildman–Crippen LogP) is 14.7. The highest BCUT2D eigenvalue weighted by atomic mass is 16.3. The fourth-order valence-corrected chi connectivity index (χ4v) is 8.61. The summed E-state index contributed by atoms with van der Waals surface area (Å²) in [7, 11) is 0. The van der Waals surface area contributed by atoms with Gasteiger partial charge in [0.05, 0.1) is 5.52 Å². The number of hydrogen-bond donors (Lipinski definition) is 0. The van der Waals surface area contributed by atoms with Crippen molar-refractivity contribution in [2.45, 2.75) is 12.8 Å². The molecule has 0 fully saturated rings. The summed E-state index contributed by atoms with van der Waals surface area (Å²) < 4.78 is 6.65. The van der Waals surface area contributed by atoms with Crippen LogP contribution in [-0.2, 0) is 6.42 Å². The van der Waals surface area contributed by atoms with Gasteiger partial charge in [-0.1, -0.05) is 121 Å². The Morgan fingerprint density at radius 1 is 0.482 bits per heavy atom. The van der Waals surface area contributed by atoms with Crippen LogP contribution in [0.15, 0.2) is 193 Å². The molecule has 11 rings (SSSR count). The van der Waals surface area contributed by atoms with E-state index in [0.717, 1.165) is 62.7 Å². The molecule has 1 aliphatic rings. The molecule has 0 N–H and O–H groups in total. The maximum absolute atomic E-state index is 6.65. The summed E-state index contributed by atoms with van der Waals surface area (Å²) in [6.45, 7) is 0. The Kier molecular flexibility index (Phi) is 7.63. The van der Waals surface area contributed by atoms with E-state index in [1.165, 1.54) is 55.3 Å². The smallest absolute Gasteiger partial charge is 0.146 e. The highest BCUT2D eigenvalue weighted by Gasteiger charge is 2.19. The normalized spacial score (nSPS) is 12.4. The van der Waals surface area contributed by atoms with E-state index in [-0.39, 0.29) is 0 Å². The van der Waals surface area contributed by atoms with Crippen LogP contribution in [0.25, 0.3) is 83.1 Å². The lowest BCUT2D eigenvalue weighted by Crippen LogP contribution is -2.09. The maximum Gasteiger partial charge on any atom is 0.146 e. The van der Waals surface area contributed by atoms with Gasteiger partial charge in [-0.2, -0.15) is 0 Å². The molecule has 3 heteroatoms. The lowest BCUT2D eigenvalue weighted by Gasteiger charge is -2.26. The number of anilines is 3. The molecular formula is C53H36N2O. The number of para-hydroxylation sites is 1. The Morgan fingerprint density at radius 2 is 1.20 bits per heavy atom. The zero-order chi connectivity index (χ0) is 37.0. The molecule has 10 aromatic rings. The molecule has 0 amide bonds. The summed E-state index contributed by atoms with van der Waals surface area (Å²) in [6.07, 6.45) is 8.62. The number of furan rings is 1. The fraction of sp³-hybridized carbons (Fsp3) is 0.0377. The van der Waals surface area contributed by atoms with Crippen LogP contribution < -0.4 is 4.90 Å². The van der Waals surface area contributed by atoms with Gasteiger partial charge in [0.2, 0.25) is 0 Å². The Morgan fingerprint density at radius 3 is 2.02 bits per heavy atom. The van der Waals surface area contributed by atoms with Gasteiger partial charge in [-0.3, -0.25) is 4.98 Å². The molecule has 0 radical (unpaired) electrons. The summed E-state index contributed by atoms with van der Waals surface area (Å²) in [5.41, 5.74) is 15.9. The summed E-state index contributed by atoms with van der Waals surface area (Å²) in [4.78, 5) is 7.08. The zero-order valence-corrected chi connectivity index (χ0v) is 30.7. The van der Waals surface area contributed by atoms with E-state index in [0.29, 0.717) is 0 Å². The van der Waals surface area contributed by atoms with Crippen molar-refractivity contribution in [3.8, 4) is 33.4 Å². The van der Waals surface area contributed by atoms with Crippen molar-refractivity contribution in [1.82, 2.24) is 4.98 Å². The summed E-state index contributed by atoms with van der Waals surface area (Å²) in [5.74, 6) is 0. The Labute approximate surface area is 325 Å². The quantitative estimate of drug-likeness (QED) is 0.172. The lowest BCUT2D eigenvalue weighted by atomic mass is 9.89. The van der Waals surface area contributed by atoms with E-state index in [4.69, 9.17) is 9.40 Å². The van der Waals surface area contributed by atoms with E-state index < -0.39 is 0 Å². The molecule has 0 aliphatic heterocycles. The second kappa shape index (κ2) is 13.3. The topological polar surface area (TPSA) is 29.3 Å². The number of rotatable bonds is 6. The first kappa shape index (κ1) is 32.2. The molecule has 2 aromatic heterocycles. The van der Waals surface area contributed by atoms with Gasteiger partial charge >= 0.3 is 0 Å². The number of hydrogen-bond acceptors (Lipinski definition) is 3. The number of aromatic nitrogens is 1. The highest BCUT2D eigenvalue weighted by molar-refractivity contribution is 6.14. The zero-order valence-electron chi connectivity index (χ0n) is 30.7. The van der Waals surface area contributed by atoms with E-state index in [1.807, 2.05) is 24.4 Å². The molecule has 0 unspecified atom stereocenters. The first-order valence-corrected chi connectivity index (χ1v) is 19.3. The molecule has 264 valence electrons. The molecule has 2 heterocycles. The van der Waals surface area contributed by atoms with E-state index in [1.54, 1.807) is 0 Å². The van der Waals surface area contributed by atoms with Crippen LogP contribution in [0.2, 0.25) is 0 Å². The van der Waals surface area contributed by atoms with Crippen molar-refractivity contribution in [1.29, 1.82) is 0 Å². The van der Waals surface area contributed by atoms with E-state index in [2.05, 4.69) is 175 Å². The van der Waals surface area contributed by atoms with Crippen molar-refractivity contribution in [3.05, 3.63) is 199 Å². The third-order valence-corrected chi connectivity index (χ3v) is 11.4. The minimum absolute atomic E-state index is 0.835. The minimum atomic E-state index is 0.835. The van der Waals surface area contributed by atoms with Gasteiger partial charge < -0.3 is 9.32 Å². The van der Waals surface area contributed by atoms with Gasteiger partial charge in [0, 0.05) is 45.5 Å². The van der Waals surface area contributed by atoms with Crippen LogP contribution in [-0.4, -0.2) is 4.98 Å². The van der Waals surface area contributed by atoms with Gasteiger partial charge in [0.25, 0.3) is 0 Å². The number of fused-ring (bicyclic) bond motifs is 7. The predicted molar refractivity (Wildman–Crippen MR) is 235 cm³/mol. The van der Waals surface area contributed by atoms with Crippen LogP contribution in [0.1, 0.15) is 17.5 Å². The summed E-state index contributed by atoms with van der Waals surface area (Å²) in [6, 6.07) is 63.4. The van der Waals surface area contributed by atoms with Crippen molar-refractivity contribution in [3.63, 3.8) is 0 Å². The molecule has 56 heavy (non-hydrogen) atoms. The molecule has 0 saturated heterocycles. The second-order valence-electron chi connectivity index (χ2n) is 14.7. The molecule has 3 nitrogen and oxygen atoms in total. The number of benzene rings is 8. The highest BCUT2D eigenvalue weighted by Crippen LogP contribution is 2.42. The van der Waals surface area contributed by atoms with E-state index in [9.17, 15) is 0 Å². The molecule has 0 saturated carbocycles. The Bertz CT molecular complexity index is 3120. The summed E-state index contributed by atoms with van der Waals surface area (Å²) in [5, 5.41) is 5.57. The van der Waals surface area contributed by atoms with Crippen LogP contribution in [0, 0.1) is 0 Å². The Hall–Kier alpha value is -7.23. The molecule has 0 bridgehead atoms. The van der Waals surface area contributed by atoms with Gasteiger partial charge in [0.1, 0.15) is 11.2 Å². The van der Waals surface area contributed by atoms with Crippen molar-refractivity contribution >= 4 is 66.8 Å². The van der Waals surface area contributed by atoms with Gasteiger partial charge in [-0.25, -0.2) is 0 Å². The summed E-state index contributed by atoms with van der Waals surface area (Å²) >= 11 is 0. The average Bonchev–Trinajstić information content (AvgIpc) is 3.65. The molecule has 8 aromatic carbocycles. The van der Waals surface area contributed by atoms with Crippen molar-refractivity contribution < 1.29 is 4.42 Å². The standard InChI is InChI=1S/C53H36N2O/c1-2-11-35(12-3-1)40-31-39-14-5-7-17-46(39)49(32-40)38-23-27-42(28-24-38)55(41-25-21-37(22-26-41)45-19-10-15-36-13-4-6-16-44(36)45)43-29-30-47-50-34-54-51-20-9-8-18-48(51)53(50)56-52(47)33-43/h1-5,7-15,17-34H,6,16H2. The van der Waals surface area contributed by atoms with Crippen molar-refractivity contribution in [2.75, 3.05) is 4.90 Å². The fourth-order valence-electron chi connectivity index (χ4n) is 8.61. The van der Waals surface area contributed by atoms with Crippen molar-refractivity contribution in [2.24, 2.45) is 0 Å². The minimum Gasteiger partial charge on any atom is -0.455 e. The van der Waals surface area contributed by atoms with Gasteiger partial charge in [-0.15, -0.1) is 0 Å². The SMILES string of the molecule is C1=Cc2cccc(-c3ccc(N(c4ccc(-c5cc(-c6ccccc6)cc6ccccc56)cc4)c4ccc5c(c4)oc4c6ccccc6ncc54)cc3)c2CC1. The lowest BCUT2D eigenvalue weighted by molar-refractivity contribution is 0.672. The second-order valence-corrected chi connectivity index (χ2v) is 14.7. The first-order chi connectivity index (χ1) is 27.7. The average molecular weight is 717 g/mol. The number of nitrogens with zero attached hydrogens (tertiary/aromatic N) is 2. The van der Waals surface area contributed by atoms with E-state index >= 15 is 0 Å². The molecule has 0 atom stereocenters. The van der Waals surface area contributed by atoms with Crippen LogP contribution in [0.3, 0.4) is 0 Å². The van der Waals surface area contributed by atoms with Crippen LogP contribution >= 0.6 is 0 Å². The van der Waals surface area contributed by atoms with Gasteiger partial charge in [-0.05, 0) is 129 Å². The number of allylic oxidation sites excluding steroid dienone is 1. The molecular weight excluding hydrogens is 681 g/mol. The first-order valence-electron chi connectivity index (χ1n) is 19.3. The monoisotopic (exact) mass is 716 g/mol. The van der Waals surface area contributed by atoms with Crippen LogP contribution in [0.5, 0.6) is 0 Å². The Balaban J connectivity index is 1.04. The van der Waals surface area contributed by atoms with Crippen LogP contribution in [0.4, 0.5) is 17.1 Å². The maximum atomic E-state index is 6.65. The third kappa shape index (κ3) is 5.48. The number of pyridine rings is 1. The third-order valence-electron chi connectivity index (χ3n) is 11.4. The molecule has 0 spiro atoms. The molecule has 1 aliphatic carbocycles. The van der Waals surface area contributed by atoms with Gasteiger partial charge in [0.15, 0.2) is 0 Å².